The lowest BCUT2D eigenvalue weighted by Gasteiger charge is -1.94. The Hall–Kier alpha value is -0.920. The van der Waals surface area contributed by atoms with Crippen LogP contribution in [0.5, 0.6) is 0 Å². The maximum absolute atomic E-state index is 10.7. The Morgan fingerprint density at radius 2 is 2.33 bits per heavy atom. The molecular weight excluding hydrogens is 182 g/mol. The van der Waals surface area contributed by atoms with Crippen LogP contribution in [0.25, 0.3) is 0 Å². The van der Waals surface area contributed by atoms with Crippen molar-refractivity contribution in [3.8, 4) is 0 Å². The monoisotopic (exact) mass is 191 g/mol. The van der Waals surface area contributed by atoms with Crippen molar-refractivity contribution in [2.45, 2.75) is 11.6 Å². The van der Waals surface area contributed by atoms with Gasteiger partial charge in [-0.2, -0.15) is 5.10 Å². The van der Waals surface area contributed by atoms with Crippen LogP contribution in [0.2, 0.25) is 0 Å². The van der Waals surface area contributed by atoms with Crippen LogP contribution in [0.1, 0.15) is 0 Å². The first kappa shape index (κ1) is 9.17. The second-order valence-electron chi connectivity index (χ2n) is 2.19. The molecule has 0 saturated carbocycles. The van der Waals surface area contributed by atoms with E-state index in [9.17, 15) is 8.42 Å². The Morgan fingerprint density at radius 1 is 1.67 bits per heavy atom. The van der Waals surface area contributed by atoms with Crippen molar-refractivity contribution in [1.29, 1.82) is 0 Å². The van der Waals surface area contributed by atoms with Crippen LogP contribution in [0.4, 0.5) is 0 Å². The minimum Gasteiger partial charge on any atom is -0.394 e. The standard InChI is InChI=1S/C5H9N3O3S/c6-12(10,11)5-1-2-8(7-5)3-4-9/h1-2,9H,3-4H2,(H2,6,10,11). The Balaban J connectivity index is 2.92. The Morgan fingerprint density at radius 3 is 2.75 bits per heavy atom. The SMILES string of the molecule is NS(=O)(=O)c1ccn(CCO)n1. The minimum absolute atomic E-state index is 0.0915. The molecule has 0 bridgehead atoms. The molecular formula is C5H9N3O3S. The smallest absolute Gasteiger partial charge is 0.257 e. The van der Waals surface area contributed by atoms with Gasteiger partial charge in [0.15, 0.2) is 5.03 Å². The molecule has 1 aromatic heterocycles. The van der Waals surface area contributed by atoms with Crippen molar-refractivity contribution < 1.29 is 13.5 Å². The molecule has 0 aromatic carbocycles. The molecule has 0 unspecified atom stereocenters. The van der Waals surface area contributed by atoms with E-state index < -0.39 is 10.0 Å². The summed E-state index contributed by atoms with van der Waals surface area (Å²) in [5.41, 5.74) is 0. The van der Waals surface area contributed by atoms with E-state index in [4.69, 9.17) is 10.2 Å². The van der Waals surface area contributed by atoms with Crippen molar-refractivity contribution in [1.82, 2.24) is 9.78 Å². The van der Waals surface area contributed by atoms with Gasteiger partial charge in [0.05, 0.1) is 13.2 Å². The van der Waals surface area contributed by atoms with Crippen LogP contribution < -0.4 is 5.14 Å². The quantitative estimate of drug-likeness (QED) is 0.609. The van der Waals surface area contributed by atoms with Gasteiger partial charge in [-0.3, -0.25) is 4.68 Å². The minimum atomic E-state index is -3.71. The van der Waals surface area contributed by atoms with Gasteiger partial charge in [-0.05, 0) is 6.07 Å². The molecule has 0 saturated heterocycles. The van der Waals surface area contributed by atoms with Crippen LogP contribution in [0, 0.1) is 0 Å². The summed E-state index contributed by atoms with van der Waals surface area (Å²) in [6, 6.07) is 1.28. The zero-order valence-corrected chi connectivity index (χ0v) is 7.03. The van der Waals surface area contributed by atoms with E-state index in [2.05, 4.69) is 5.10 Å². The molecule has 1 rings (SSSR count). The topological polar surface area (TPSA) is 98.2 Å². The molecule has 7 heteroatoms. The number of aliphatic hydroxyl groups excluding tert-OH is 1. The zero-order valence-electron chi connectivity index (χ0n) is 6.21. The Bertz CT molecular complexity index is 356. The number of rotatable bonds is 3. The average Bonchev–Trinajstić information content (AvgIpc) is 2.35. The summed E-state index contributed by atoms with van der Waals surface area (Å²) in [5, 5.41) is 16.7. The highest BCUT2D eigenvalue weighted by Gasteiger charge is 2.10. The summed E-state index contributed by atoms with van der Waals surface area (Å²) in [6.45, 7) is 0.168. The highest BCUT2D eigenvalue weighted by atomic mass is 32.2. The third-order valence-electron chi connectivity index (χ3n) is 1.24. The third kappa shape index (κ3) is 2.03. The van der Waals surface area contributed by atoms with Gasteiger partial charge in [-0.1, -0.05) is 0 Å². The van der Waals surface area contributed by atoms with Crippen molar-refractivity contribution in [2.24, 2.45) is 5.14 Å². The first-order valence-electron chi connectivity index (χ1n) is 3.21. The normalized spacial score (nSPS) is 11.8. The number of aliphatic hydroxyl groups is 1. The summed E-state index contributed by atoms with van der Waals surface area (Å²) in [5.74, 6) is 0. The molecule has 3 N–H and O–H groups in total. The summed E-state index contributed by atoms with van der Waals surface area (Å²) in [6.07, 6.45) is 1.44. The van der Waals surface area contributed by atoms with Crippen molar-refractivity contribution in [3.05, 3.63) is 12.3 Å². The van der Waals surface area contributed by atoms with E-state index in [1.807, 2.05) is 0 Å². The molecule has 68 valence electrons. The van der Waals surface area contributed by atoms with Crippen molar-refractivity contribution >= 4 is 10.0 Å². The Kier molecular flexibility index (Phi) is 2.46. The van der Waals surface area contributed by atoms with Gasteiger partial charge in [-0.25, -0.2) is 13.6 Å². The molecule has 12 heavy (non-hydrogen) atoms. The van der Waals surface area contributed by atoms with Gasteiger partial charge in [-0.15, -0.1) is 0 Å². The third-order valence-corrected chi connectivity index (χ3v) is 2.04. The number of nitrogens with two attached hydrogens (primary N) is 1. The van der Waals surface area contributed by atoms with E-state index in [1.54, 1.807) is 0 Å². The summed E-state index contributed by atoms with van der Waals surface area (Å²) in [4.78, 5) is 0. The summed E-state index contributed by atoms with van der Waals surface area (Å²) in [7, 11) is -3.71. The highest BCUT2D eigenvalue weighted by molar-refractivity contribution is 7.89. The molecule has 1 heterocycles. The fourth-order valence-electron chi connectivity index (χ4n) is 0.722. The van der Waals surface area contributed by atoms with Crippen LogP contribution in [-0.2, 0) is 16.6 Å². The maximum Gasteiger partial charge on any atom is 0.257 e. The number of nitrogens with zero attached hydrogens (tertiary/aromatic N) is 2. The summed E-state index contributed by atoms with van der Waals surface area (Å²) >= 11 is 0. The summed E-state index contributed by atoms with van der Waals surface area (Å²) < 4.78 is 22.7. The predicted octanol–water partition coefficient (Wildman–Crippen LogP) is -1.48. The van der Waals surface area contributed by atoms with Gasteiger partial charge >= 0.3 is 0 Å². The lowest BCUT2D eigenvalue weighted by atomic mass is 10.7. The molecule has 0 fully saturated rings. The van der Waals surface area contributed by atoms with Gasteiger partial charge in [0.2, 0.25) is 0 Å². The first-order valence-corrected chi connectivity index (χ1v) is 4.76. The predicted molar refractivity (Wildman–Crippen MR) is 40.7 cm³/mol. The zero-order chi connectivity index (χ0) is 9.19. The van der Waals surface area contributed by atoms with Crippen molar-refractivity contribution in [3.63, 3.8) is 0 Å². The van der Waals surface area contributed by atoms with Crippen LogP contribution in [0.15, 0.2) is 17.3 Å². The van der Waals surface area contributed by atoms with Gasteiger partial charge in [0.1, 0.15) is 0 Å². The molecule has 0 aliphatic rings. The first-order chi connectivity index (χ1) is 5.54. The molecule has 0 amide bonds. The van der Waals surface area contributed by atoms with Crippen LogP contribution in [-0.4, -0.2) is 29.9 Å². The van der Waals surface area contributed by atoms with E-state index in [1.165, 1.54) is 16.9 Å². The number of hydrogen-bond donors (Lipinski definition) is 2. The van der Waals surface area contributed by atoms with Crippen molar-refractivity contribution in [2.75, 3.05) is 6.61 Å². The number of hydrogen-bond acceptors (Lipinski definition) is 4. The Labute approximate surface area is 69.7 Å². The molecule has 0 spiro atoms. The van der Waals surface area contributed by atoms with E-state index in [0.29, 0.717) is 0 Å². The van der Waals surface area contributed by atoms with Gasteiger partial charge in [0, 0.05) is 6.20 Å². The fourth-order valence-corrected chi connectivity index (χ4v) is 1.19. The van der Waals surface area contributed by atoms with Crippen LogP contribution in [0.3, 0.4) is 0 Å². The number of primary sulfonamides is 1. The molecule has 1 aromatic rings. The van der Waals surface area contributed by atoms with E-state index in [0.717, 1.165) is 0 Å². The molecule has 0 aliphatic carbocycles. The largest absolute Gasteiger partial charge is 0.394 e. The van der Waals surface area contributed by atoms with Gasteiger partial charge < -0.3 is 5.11 Å². The maximum atomic E-state index is 10.7. The number of sulfonamides is 1. The fraction of sp³-hybridized carbons (Fsp3) is 0.400. The lowest BCUT2D eigenvalue weighted by molar-refractivity contribution is 0.268. The second kappa shape index (κ2) is 3.21. The van der Waals surface area contributed by atoms with E-state index in [-0.39, 0.29) is 18.2 Å². The molecule has 0 atom stereocenters. The van der Waals surface area contributed by atoms with E-state index >= 15 is 0 Å². The average molecular weight is 191 g/mol. The molecule has 0 radical (unpaired) electrons. The molecule has 0 aliphatic heterocycles. The highest BCUT2D eigenvalue weighted by Crippen LogP contribution is 2.00. The molecule has 6 nitrogen and oxygen atoms in total. The lowest BCUT2D eigenvalue weighted by Crippen LogP contribution is -2.14. The van der Waals surface area contributed by atoms with Gasteiger partial charge in [0.25, 0.3) is 10.0 Å². The number of aromatic nitrogens is 2. The van der Waals surface area contributed by atoms with Crippen LogP contribution >= 0.6 is 0 Å². The second-order valence-corrected chi connectivity index (χ2v) is 3.69.